The highest BCUT2D eigenvalue weighted by Gasteiger charge is 2.32. The van der Waals surface area contributed by atoms with Gasteiger partial charge in [0.1, 0.15) is 0 Å². The fraction of sp³-hybridized carbons (Fsp3) is 0.667. The molecule has 1 atom stereocenters. The number of hydrogen-bond donors (Lipinski definition) is 0. The van der Waals surface area contributed by atoms with Crippen LogP contribution in [0.1, 0.15) is 6.92 Å². The van der Waals surface area contributed by atoms with Gasteiger partial charge in [-0.2, -0.15) is 0 Å². The van der Waals surface area contributed by atoms with E-state index in [2.05, 4.69) is 0 Å². The second-order valence-corrected chi connectivity index (χ2v) is 2.45. The Balaban J connectivity index is 2.77. The number of rotatable bonds is 0. The van der Waals surface area contributed by atoms with Crippen LogP contribution in [0.4, 0.5) is 0 Å². The predicted octanol–water partition coefficient (Wildman–Crippen LogP) is -0.336. The highest BCUT2D eigenvalue weighted by molar-refractivity contribution is 6.38. The molecular weight excluding hydrogens is 118 g/mol. The van der Waals surface area contributed by atoms with E-state index in [9.17, 15) is 9.59 Å². The van der Waals surface area contributed by atoms with Crippen molar-refractivity contribution in [2.75, 3.05) is 13.6 Å². The quantitative estimate of drug-likeness (QED) is 0.417. The SMILES string of the molecule is CC1CN(C)C(=O)C1=O. The van der Waals surface area contributed by atoms with E-state index in [-0.39, 0.29) is 17.6 Å². The summed E-state index contributed by atoms with van der Waals surface area (Å²) in [5.41, 5.74) is 0. The van der Waals surface area contributed by atoms with Gasteiger partial charge in [-0.1, -0.05) is 6.92 Å². The Morgan fingerprint density at radius 3 is 2.22 bits per heavy atom. The highest BCUT2D eigenvalue weighted by atomic mass is 16.2. The summed E-state index contributed by atoms with van der Waals surface area (Å²) in [5, 5.41) is 0. The Morgan fingerprint density at radius 2 is 2.11 bits per heavy atom. The van der Waals surface area contributed by atoms with Gasteiger partial charge in [0.15, 0.2) is 0 Å². The monoisotopic (exact) mass is 127 g/mol. The lowest BCUT2D eigenvalue weighted by atomic mass is 10.1. The van der Waals surface area contributed by atoms with Crippen molar-refractivity contribution in [1.82, 2.24) is 4.90 Å². The second-order valence-electron chi connectivity index (χ2n) is 2.45. The van der Waals surface area contributed by atoms with E-state index in [1.54, 1.807) is 14.0 Å². The number of likely N-dealkylation sites (N-methyl/N-ethyl adjacent to an activating group) is 1. The molecule has 1 rings (SSSR count). The molecule has 0 bridgehead atoms. The first-order valence-corrected chi connectivity index (χ1v) is 2.92. The summed E-state index contributed by atoms with van der Waals surface area (Å²) in [4.78, 5) is 22.9. The number of likely N-dealkylation sites (tertiary alicyclic amines) is 1. The van der Waals surface area contributed by atoms with Gasteiger partial charge >= 0.3 is 0 Å². The van der Waals surface area contributed by atoms with Gasteiger partial charge < -0.3 is 4.90 Å². The maximum Gasteiger partial charge on any atom is 0.290 e. The van der Waals surface area contributed by atoms with E-state index in [1.165, 1.54) is 4.90 Å². The lowest BCUT2D eigenvalue weighted by Crippen LogP contribution is -2.22. The van der Waals surface area contributed by atoms with E-state index in [0.29, 0.717) is 6.54 Å². The number of Topliss-reactive ketones (excluding diaryl/α,β-unsaturated/α-hetero) is 1. The average molecular weight is 127 g/mol. The zero-order valence-electron chi connectivity index (χ0n) is 5.55. The van der Waals surface area contributed by atoms with Crippen molar-refractivity contribution in [3.63, 3.8) is 0 Å². The van der Waals surface area contributed by atoms with Crippen molar-refractivity contribution in [2.45, 2.75) is 6.92 Å². The molecule has 3 nitrogen and oxygen atoms in total. The van der Waals surface area contributed by atoms with E-state index < -0.39 is 0 Å². The van der Waals surface area contributed by atoms with E-state index >= 15 is 0 Å². The first-order valence-electron chi connectivity index (χ1n) is 2.92. The minimum atomic E-state index is -0.345. The summed E-state index contributed by atoms with van der Waals surface area (Å²) >= 11 is 0. The van der Waals surface area contributed by atoms with Crippen LogP contribution >= 0.6 is 0 Å². The van der Waals surface area contributed by atoms with Crippen molar-refractivity contribution >= 4 is 11.7 Å². The Bertz CT molecular complexity index is 146. The van der Waals surface area contributed by atoms with Crippen molar-refractivity contribution < 1.29 is 9.59 Å². The Labute approximate surface area is 53.6 Å². The van der Waals surface area contributed by atoms with Crippen molar-refractivity contribution in [3.05, 3.63) is 0 Å². The largest absolute Gasteiger partial charge is 0.338 e. The van der Waals surface area contributed by atoms with E-state index in [1.807, 2.05) is 0 Å². The van der Waals surface area contributed by atoms with E-state index in [4.69, 9.17) is 0 Å². The molecule has 1 heterocycles. The summed E-state index contributed by atoms with van der Waals surface area (Å²) in [6.45, 7) is 2.35. The minimum Gasteiger partial charge on any atom is -0.338 e. The summed E-state index contributed by atoms with van der Waals surface area (Å²) < 4.78 is 0. The molecule has 1 amide bonds. The lowest BCUT2D eigenvalue weighted by Gasteiger charge is -2.03. The minimum absolute atomic E-state index is 0.0949. The first kappa shape index (κ1) is 6.26. The fourth-order valence-corrected chi connectivity index (χ4v) is 0.976. The fourth-order valence-electron chi connectivity index (χ4n) is 0.976. The first-order chi connectivity index (χ1) is 4.13. The molecule has 0 spiro atoms. The third kappa shape index (κ3) is 0.823. The molecule has 0 aromatic rings. The number of hydrogen-bond acceptors (Lipinski definition) is 2. The number of carbonyl (C=O) groups is 2. The summed E-state index contributed by atoms with van der Waals surface area (Å²) in [6, 6.07) is 0. The molecule has 0 aliphatic carbocycles. The van der Waals surface area contributed by atoms with Crippen LogP contribution in [-0.4, -0.2) is 30.2 Å². The van der Waals surface area contributed by atoms with Crippen molar-refractivity contribution in [1.29, 1.82) is 0 Å². The second kappa shape index (κ2) is 1.83. The zero-order chi connectivity index (χ0) is 7.02. The predicted molar refractivity (Wildman–Crippen MR) is 31.8 cm³/mol. The molecule has 50 valence electrons. The Kier molecular flexibility index (Phi) is 1.27. The van der Waals surface area contributed by atoms with E-state index in [0.717, 1.165) is 0 Å². The maximum absolute atomic E-state index is 10.7. The van der Waals surface area contributed by atoms with Gasteiger partial charge in [-0.25, -0.2) is 0 Å². The van der Waals surface area contributed by atoms with Crippen LogP contribution in [0.25, 0.3) is 0 Å². The van der Waals surface area contributed by atoms with Gasteiger partial charge in [0, 0.05) is 19.5 Å². The third-order valence-electron chi connectivity index (χ3n) is 1.55. The number of nitrogens with zero attached hydrogens (tertiary/aromatic N) is 1. The lowest BCUT2D eigenvalue weighted by molar-refractivity contribution is -0.140. The van der Waals surface area contributed by atoms with Crippen molar-refractivity contribution in [3.8, 4) is 0 Å². The molecule has 1 aliphatic heterocycles. The molecule has 3 heteroatoms. The van der Waals surface area contributed by atoms with Gasteiger partial charge in [-0.05, 0) is 0 Å². The van der Waals surface area contributed by atoms with Crippen molar-refractivity contribution in [2.24, 2.45) is 5.92 Å². The summed E-state index contributed by atoms with van der Waals surface area (Å²) in [6.07, 6.45) is 0. The van der Waals surface area contributed by atoms with Gasteiger partial charge in [0.2, 0.25) is 5.78 Å². The van der Waals surface area contributed by atoms with Crippen LogP contribution in [0.15, 0.2) is 0 Å². The highest BCUT2D eigenvalue weighted by Crippen LogP contribution is 2.09. The molecule has 0 radical (unpaired) electrons. The van der Waals surface area contributed by atoms with Crippen LogP contribution in [0.5, 0.6) is 0 Å². The average Bonchev–Trinajstić information content (AvgIpc) is 1.98. The molecule has 1 saturated heterocycles. The molecule has 1 unspecified atom stereocenters. The van der Waals surface area contributed by atoms with Gasteiger partial charge in [-0.15, -0.1) is 0 Å². The third-order valence-corrected chi connectivity index (χ3v) is 1.55. The smallest absolute Gasteiger partial charge is 0.290 e. The molecule has 1 fully saturated rings. The number of amides is 1. The van der Waals surface area contributed by atoms with Crippen LogP contribution in [-0.2, 0) is 9.59 Å². The van der Waals surface area contributed by atoms with Crippen LogP contribution in [0, 0.1) is 5.92 Å². The molecule has 0 N–H and O–H groups in total. The Morgan fingerprint density at radius 1 is 1.56 bits per heavy atom. The molecule has 0 aromatic carbocycles. The van der Waals surface area contributed by atoms with Gasteiger partial charge in [0.25, 0.3) is 5.91 Å². The van der Waals surface area contributed by atoms with Gasteiger partial charge in [-0.3, -0.25) is 9.59 Å². The normalized spacial score (nSPS) is 27.8. The van der Waals surface area contributed by atoms with Crippen LogP contribution in [0.2, 0.25) is 0 Å². The Hall–Kier alpha value is -0.860. The molecule has 1 aliphatic rings. The molecular formula is C6H9NO2. The zero-order valence-corrected chi connectivity index (χ0v) is 5.55. The molecule has 0 saturated carbocycles. The van der Waals surface area contributed by atoms with Gasteiger partial charge in [0.05, 0.1) is 0 Å². The van der Waals surface area contributed by atoms with Crippen LogP contribution < -0.4 is 0 Å². The summed E-state index contributed by atoms with van der Waals surface area (Å²) in [7, 11) is 1.64. The molecule has 9 heavy (non-hydrogen) atoms. The molecule has 0 aromatic heterocycles. The maximum atomic E-state index is 10.7. The number of carbonyl (C=O) groups excluding carboxylic acids is 2. The number of ketones is 1. The standard InChI is InChI=1S/C6H9NO2/c1-4-3-7(2)6(9)5(4)8/h4H,3H2,1-2H3. The van der Waals surface area contributed by atoms with Crippen LogP contribution in [0.3, 0.4) is 0 Å². The summed E-state index contributed by atoms with van der Waals surface area (Å²) in [5.74, 6) is -0.692. The topological polar surface area (TPSA) is 37.4 Å².